The zero-order chi connectivity index (χ0) is 37.0. The summed E-state index contributed by atoms with van der Waals surface area (Å²) in [6.45, 7) is 0. The summed E-state index contributed by atoms with van der Waals surface area (Å²) in [5.74, 6) is 0.682. The topological polar surface area (TPSA) is 35.6 Å². The third-order valence-corrected chi connectivity index (χ3v) is 10.9. The van der Waals surface area contributed by atoms with E-state index in [9.17, 15) is 0 Å². The second kappa shape index (κ2) is 13.1. The lowest BCUT2D eigenvalue weighted by Gasteiger charge is -2.15. The summed E-state index contributed by atoms with van der Waals surface area (Å²) in [5.41, 5.74) is 14.0. The van der Waals surface area contributed by atoms with Crippen molar-refractivity contribution >= 4 is 43.6 Å². The van der Waals surface area contributed by atoms with Gasteiger partial charge in [0.1, 0.15) is 0 Å². The van der Waals surface area contributed by atoms with Crippen LogP contribution in [0.2, 0.25) is 0 Å². The molecule has 4 nitrogen and oxygen atoms in total. The third kappa shape index (κ3) is 5.15. The van der Waals surface area contributed by atoms with Gasteiger partial charge in [-0.2, -0.15) is 0 Å². The second-order valence-electron chi connectivity index (χ2n) is 14.2. The number of aromatic nitrogens is 4. The Balaban J connectivity index is 1.15. The number of fused-ring (bicyclic) bond motifs is 6. The van der Waals surface area contributed by atoms with Crippen LogP contribution in [0.1, 0.15) is 0 Å². The van der Waals surface area contributed by atoms with Crippen molar-refractivity contribution in [2.45, 2.75) is 0 Å². The largest absolute Gasteiger partial charge is 0.309 e. The first-order chi connectivity index (χ1) is 27.8. The van der Waals surface area contributed by atoms with Gasteiger partial charge in [-0.05, 0) is 65.7 Å². The van der Waals surface area contributed by atoms with E-state index in [1.165, 1.54) is 43.7 Å². The highest BCUT2D eigenvalue weighted by Crippen LogP contribution is 2.42. The summed E-state index contributed by atoms with van der Waals surface area (Å²) < 4.78 is 4.78. The van der Waals surface area contributed by atoms with E-state index in [-0.39, 0.29) is 0 Å². The van der Waals surface area contributed by atoms with Crippen LogP contribution in [0.4, 0.5) is 0 Å². The third-order valence-electron chi connectivity index (χ3n) is 10.9. The molecule has 56 heavy (non-hydrogen) atoms. The van der Waals surface area contributed by atoms with Gasteiger partial charge in [0, 0.05) is 43.9 Å². The quantitative estimate of drug-likeness (QED) is 0.172. The summed E-state index contributed by atoms with van der Waals surface area (Å²) in [6, 6.07) is 73.1. The van der Waals surface area contributed by atoms with Gasteiger partial charge in [0.05, 0.1) is 39.1 Å². The molecule has 0 amide bonds. The predicted molar refractivity (Wildman–Crippen MR) is 232 cm³/mol. The van der Waals surface area contributed by atoms with Crippen molar-refractivity contribution in [3.8, 4) is 56.4 Å². The maximum atomic E-state index is 5.25. The minimum absolute atomic E-state index is 0.682. The van der Waals surface area contributed by atoms with Gasteiger partial charge in [-0.15, -0.1) is 0 Å². The van der Waals surface area contributed by atoms with Gasteiger partial charge in [-0.1, -0.05) is 152 Å². The van der Waals surface area contributed by atoms with E-state index in [4.69, 9.17) is 9.97 Å². The molecule has 3 aromatic heterocycles. The van der Waals surface area contributed by atoms with Crippen LogP contribution >= 0.6 is 0 Å². The molecule has 0 atom stereocenters. The van der Waals surface area contributed by atoms with Crippen molar-refractivity contribution in [2.24, 2.45) is 0 Å². The molecular weight excluding hydrogens is 681 g/mol. The molecule has 4 heteroatoms. The van der Waals surface area contributed by atoms with E-state index in [0.29, 0.717) is 5.82 Å². The average Bonchev–Trinajstić information content (AvgIpc) is 3.80. The molecule has 0 spiro atoms. The fraction of sp³-hybridized carbons (Fsp3) is 0. The zero-order valence-corrected chi connectivity index (χ0v) is 30.4. The highest BCUT2D eigenvalue weighted by atomic mass is 15.0. The van der Waals surface area contributed by atoms with E-state index in [1.807, 2.05) is 12.1 Å². The lowest BCUT2D eigenvalue weighted by Crippen LogP contribution is -2.01. The van der Waals surface area contributed by atoms with E-state index in [0.717, 1.165) is 50.5 Å². The summed E-state index contributed by atoms with van der Waals surface area (Å²) in [4.78, 5) is 10.5. The smallest absolute Gasteiger partial charge is 0.162 e. The van der Waals surface area contributed by atoms with Crippen molar-refractivity contribution in [1.82, 2.24) is 19.1 Å². The first-order valence-electron chi connectivity index (χ1n) is 19.0. The molecule has 0 unspecified atom stereocenters. The van der Waals surface area contributed by atoms with Crippen LogP contribution in [0.5, 0.6) is 0 Å². The van der Waals surface area contributed by atoms with Gasteiger partial charge in [0.15, 0.2) is 5.82 Å². The van der Waals surface area contributed by atoms with Crippen LogP contribution in [-0.4, -0.2) is 19.1 Å². The fourth-order valence-corrected chi connectivity index (χ4v) is 8.45. The molecule has 0 N–H and O–H groups in total. The molecule has 0 aliphatic rings. The van der Waals surface area contributed by atoms with Gasteiger partial charge >= 0.3 is 0 Å². The van der Waals surface area contributed by atoms with E-state index in [1.54, 1.807) is 0 Å². The molecule has 11 aromatic rings. The van der Waals surface area contributed by atoms with Gasteiger partial charge in [-0.3, -0.25) is 0 Å². The van der Waals surface area contributed by atoms with Gasteiger partial charge in [0.25, 0.3) is 0 Å². The van der Waals surface area contributed by atoms with Gasteiger partial charge in [-0.25, -0.2) is 9.97 Å². The Kier molecular flexibility index (Phi) is 7.46. The lowest BCUT2D eigenvalue weighted by molar-refractivity contribution is 1.14. The standard InChI is InChI=1S/C52H34N4/c1-4-17-35(18-5-1)44-34-45(36-19-6-2-7-20-36)54-52(53-44)43-25-12-15-29-48(43)56-47-28-14-11-24-42(47)51-39(26-16-30-49(51)56)37-31-32-41-40-23-10-13-27-46(40)55(50(41)33-37)38-21-8-3-9-22-38/h1-34H. The average molecular weight is 715 g/mol. The Morgan fingerprint density at radius 3 is 1.57 bits per heavy atom. The molecule has 3 heterocycles. The molecular formula is C52H34N4. The minimum Gasteiger partial charge on any atom is -0.309 e. The summed E-state index contributed by atoms with van der Waals surface area (Å²) >= 11 is 0. The maximum absolute atomic E-state index is 5.25. The molecule has 262 valence electrons. The van der Waals surface area contributed by atoms with E-state index < -0.39 is 0 Å². The number of rotatable bonds is 6. The van der Waals surface area contributed by atoms with E-state index >= 15 is 0 Å². The van der Waals surface area contributed by atoms with Gasteiger partial charge in [0.2, 0.25) is 0 Å². The van der Waals surface area contributed by atoms with Crippen molar-refractivity contribution < 1.29 is 0 Å². The molecule has 11 rings (SSSR count). The number of para-hydroxylation sites is 4. The van der Waals surface area contributed by atoms with Crippen molar-refractivity contribution in [2.75, 3.05) is 0 Å². The molecule has 0 aliphatic carbocycles. The Hall–Kier alpha value is -7.56. The summed E-state index contributed by atoms with van der Waals surface area (Å²) in [6.07, 6.45) is 0. The van der Waals surface area contributed by atoms with Crippen molar-refractivity contribution in [3.63, 3.8) is 0 Å². The lowest BCUT2D eigenvalue weighted by atomic mass is 9.98. The monoisotopic (exact) mass is 714 g/mol. The van der Waals surface area contributed by atoms with Crippen LogP contribution in [0.3, 0.4) is 0 Å². The van der Waals surface area contributed by atoms with Crippen molar-refractivity contribution in [1.29, 1.82) is 0 Å². The molecule has 0 aliphatic heterocycles. The first kappa shape index (κ1) is 31.9. The highest BCUT2D eigenvalue weighted by molar-refractivity contribution is 6.17. The molecule has 0 fully saturated rings. The van der Waals surface area contributed by atoms with Crippen molar-refractivity contribution in [3.05, 3.63) is 206 Å². The molecule has 0 saturated heterocycles. The first-order valence-corrected chi connectivity index (χ1v) is 19.0. The normalized spacial score (nSPS) is 11.6. The summed E-state index contributed by atoms with van der Waals surface area (Å²) in [5, 5.41) is 4.90. The Bertz CT molecular complexity index is 3170. The van der Waals surface area contributed by atoms with Crippen LogP contribution in [0.15, 0.2) is 206 Å². The molecule has 8 aromatic carbocycles. The van der Waals surface area contributed by atoms with Crippen LogP contribution in [0.25, 0.3) is 100 Å². The van der Waals surface area contributed by atoms with Gasteiger partial charge < -0.3 is 9.13 Å². The van der Waals surface area contributed by atoms with Crippen LogP contribution < -0.4 is 0 Å². The van der Waals surface area contributed by atoms with Crippen LogP contribution in [-0.2, 0) is 0 Å². The van der Waals surface area contributed by atoms with E-state index in [2.05, 4.69) is 203 Å². The highest BCUT2D eigenvalue weighted by Gasteiger charge is 2.21. The number of nitrogens with zero attached hydrogens (tertiary/aromatic N) is 4. The van der Waals surface area contributed by atoms with Crippen LogP contribution in [0, 0.1) is 0 Å². The maximum Gasteiger partial charge on any atom is 0.162 e. The Labute approximate surface area is 324 Å². The molecule has 0 bridgehead atoms. The number of hydrogen-bond acceptors (Lipinski definition) is 2. The number of hydrogen-bond donors (Lipinski definition) is 0. The summed E-state index contributed by atoms with van der Waals surface area (Å²) in [7, 11) is 0. The number of benzene rings is 8. The minimum atomic E-state index is 0.682. The molecule has 0 saturated carbocycles. The second-order valence-corrected chi connectivity index (χ2v) is 14.2. The zero-order valence-electron chi connectivity index (χ0n) is 30.4. The molecule has 0 radical (unpaired) electrons. The Morgan fingerprint density at radius 2 is 0.857 bits per heavy atom. The predicted octanol–water partition coefficient (Wildman–Crippen LogP) is 13.3. The SMILES string of the molecule is c1ccc(-c2cc(-c3ccccc3)nc(-c3ccccc3-n3c4ccccc4c4c(-c5ccc6c7ccccc7n(-c7ccccc7)c6c5)cccc43)n2)cc1. The Morgan fingerprint density at radius 1 is 0.321 bits per heavy atom. The fourth-order valence-electron chi connectivity index (χ4n) is 8.45.